The Morgan fingerprint density at radius 3 is 2.94 bits per heavy atom. The first kappa shape index (κ1) is 19.7. The maximum atomic E-state index is 13.8. The first-order valence-electron chi connectivity index (χ1n) is 10.9. The van der Waals surface area contributed by atoms with Gasteiger partial charge in [0.25, 0.3) is 11.5 Å². The molecule has 0 spiro atoms. The van der Waals surface area contributed by atoms with E-state index in [1.807, 2.05) is 0 Å². The molecule has 5 rings (SSSR count). The Labute approximate surface area is 179 Å². The Kier molecular flexibility index (Phi) is 5.18. The molecule has 0 aliphatic carbocycles. The van der Waals surface area contributed by atoms with Crippen molar-refractivity contribution in [2.75, 3.05) is 6.61 Å². The van der Waals surface area contributed by atoms with Crippen LogP contribution in [0.2, 0.25) is 0 Å². The summed E-state index contributed by atoms with van der Waals surface area (Å²) in [4.78, 5) is 30.6. The van der Waals surface area contributed by atoms with Crippen LogP contribution in [0.5, 0.6) is 5.75 Å². The van der Waals surface area contributed by atoms with Crippen LogP contribution < -0.4 is 15.6 Å². The summed E-state index contributed by atoms with van der Waals surface area (Å²) >= 11 is 0. The van der Waals surface area contributed by atoms with E-state index < -0.39 is 0 Å². The highest BCUT2D eigenvalue weighted by Gasteiger charge is 2.23. The quantitative estimate of drug-likeness (QED) is 0.681. The predicted molar refractivity (Wildman–Crippen MR) is 115 cm³/mol. The topological polar surface area (TPSA) is 73.2 Å². The number of hydrogen-bond donors (Lipinski definition) is 1. The van der Waals surface area contributed by atoms with Crippen molar-refractivity contribution in [2.45, 2.75) is 51.1 Å². The van der Waals surface area contributed by atoms with E-state index in [0.29, 0.717) is 47.4 Å². The molecule has 160 valence electrons. The van der Waals surface area contributed by atoms with Gasteiger partial charge in [-0.05, 0) is 62.1 Å². The highest BCUT2D eigenvalue weighted by molar-refractivity contribution is 5.97. The van der Waals surface area contributed by atoms with Crippen LogP contribution in [-0.4, -0.2) is 22.1 Å². The molecule has 3 aromatic rings. The standard InChI is InChI=1S/C24H24FN3O3/c25-16-8-10-21-18(14-16)19(5-4-12-31-21)27-23(29)15-7-9-17-20(13-15)26-22-6-2-1-3-11-28(22)24(17)30/h7-10,13-14,19H,1-6,11-12H2,(H,27,29). The van der Waals surface area contributed by atoms with Gasteiger partial charge >= 0.3 is 0 Å². The van der Waals surface area contributed by atoms with Gasteiger partial charge in [-0.25, -0.2) is 9.37 Å². The molecule has 2 aliphatic heterocycles. The fourth-order valence-electron chi connectivity index (χ4n) is 4.50. The summed E-state index contributed by atoms with van der Waals surface area (Å²) in [5, 5.41) is 3.54. The molecule has 1 N–H and O–H groups in total. The number of ether oxygens (including phenoxy) is 1. The van der Waals surface area contributed by atoms with E-state index in [-0.39, 0.29) is 23.3 Å². The number of nitrogens with one attached hydrogen (secondary N) is 1. The van der Waals surface area contributed by atoms with E-state index in [1.165, 1.54) is 12.1 Å². The smallest absolute Gasteiger partial charge is 0.261 e. The molecule has 3 heterocycles. The van der Waals surface area contributed by atoms with Crippen LogP contribution in [0, 0.1) is 5.82 Å². The molecular formula is C24H24FN3O3. The molecule has 6 nitrogen and oxygen atoms in total. The number of benzene rings is 2. The number of amides is 1. The average Bonchev–Trinajstić information content (AvgIpc) is 3.12. The minimum atomic E-state index is -0.362. The van der Waals surface area contributed by atoms with Crippen LogP contribution >= 0.6 is 0 Å². The van der Waals surface area contributed by atoms with Crippen molar-refractivity contribution in [3.8, 4) is 5.75 Å². The first-order chi connectivity index (χ1) is 15.1. The Bertz CT molecular complexity index is 1220. The molecule has 0 fully saturated rings. The minimum Gasteiger partial charge on any atom is -0.493 e. The lowest BCUT2D eigenvalue weighted by Crippen LogP contribution is -2.29. The van der Waals surface area contributed by atoms with E-state index in [9.17, 15) is 14.0 Å². The Balaban J connectivity index is 1.47. The van der Waals surface area contributed by atoms with Crippen LogP contribution in [0.25, 0.3) is 10.9 Å². The lowest BCUT2D eigenvalue weighted by atomic mass is 10.0. The van der Waals surface area contributed by atoms with Crippen molar-refractivity contribution in [2.24, 2.45) is 0 Å². The summed E-state index contributed by atoms with van der Waals surface area (Å²) in [5.74, 6) is 0.749. The number of hydrogen-bond acceptors (Lipinski definition) is 4. The van der Waals surface area contributed by atoms with E-state index >= 15 is 0 Å². The van der Waals surface area contributed by atoms with Gasteiger partial charge in [-0.3, -0.25) is 14.2 Å². The molecule has 2 aromatic carbocycles. The van der Waals surface area contributed by atoms with Gasteiger partial charge in [0.1, 0.15) is 17.4 Å². The predicted octanol–water partition coefficient (Wildman–Crippen LogP) is 3.91. The van der Waals surface area contributed by atoms with Gasteiger partial charge < -0.3 is 10.1 Å². The van der Waals surface area contributed by atoms with E-state index in [4.69, 9.17) is 9.72 Å². The van der Waals surface area contributed by atoms with Crippen LogP contribution in [-0.2, 0) is 13.0 Å². The monoisotopic (exact) mass is 421 g/mol. The van der Waals surface area contributed by atoms with Gasteiger partial charge in [0.2, 0.25) is 0 Å². The average molecular weight is 421 g/mol. The molecule has 1 atom stereocenters. The molecule has 0 saturated carbocycles. The van der Waals surface area contributed by atoms with Crippen LogP contribution in [0.15, 0.2) is 41.2 Å². The molecule has 31 heavy (non-hydrogen) atoms. The first-order valence-corrected chi connectivity index (χ1v) is 10.9. The van der Waals surface area contributed by atoms with E-state index in [2.05, 4.69) is 5.32 Å². The molecule has 7 heteroatoms. The Morgan fingerprint density at radius 1 is 1.13 bits per heavy atom. The van der Waals surface area contributed by atoms with Crippen LogP contribution in [0.1, 0.15) is 59.9 Å². The zero-order valence-electron chi connectivity index (χ0n) is 17.2. The third-order valence-corrected chi connectivity index (χ3v) is 6.13. The van der Waals surface area contributed by atoms with Crippen molar-refractivity contribution in [1.82, 2.24) is 14.9 Å². The maximum absolute atomic E-state index is 13.8. The summed E-state index contributed by atoms with van der Waals surface area (Å²) in [6.45, 7) is 1.22. The number of fused-ring (bicyclic) bond motifs is 3. The highest BCUT2D eigenvalue weighted by Crippen LogP contribution is 2.32. The molecule has 0 radical (unpaired) electrons. The van der Waals surface area contributed by atoms with E-state index in [1.54, 1.807) is 28.8 Å². The SMILES string of the molecule is O=C(NC1CCCOc2ccc(F)cc21)c1ccc2c(=O)n3c(nc2c1)CCCCC3. The number of carbonyl (C=O) groups is 1. The normalized spacial score (nSPS) is 18.3. The lowest BCUT2D eigenvalue weighted by molar-refractivity contribution is 0.0934. The third kappa shape index (κ3) is 3.80. The molecular weight excluding hydrogens is 397 g/mol. The summed E-state index contributed by atoms with van der Waals surface area (Å²) in [7, 11) is 0. The summed E-state index contributed by atoms with van der Waals surface area (Å²) in [6.07, 6.45) is 5.25. The molecule has 1 amide bonds. The van der Waals surface area contributed by atoms with Gasteiger partial charge in [0.15, 0.2) is 0 Å². The van der Waals surface area contributed by atoms with Gasteiger partial charge in [-0.15, -0.1) is 0 Å². The van der Waals surface area contributed by atoms with E-state index in [0.717, 1.165) is 37.9 Å². The maximum Gasteiger partial charge on any atom is 0.261 e. The molecule has 1 aromatic heterocycles. The second-order valence-corrected chi connectivity index (χ2v) is 8.23. The largest absolute Gasteiger partial charge is 0.493 e. The van der Waals surface area contributed by atoms with Gasteiger partial charge in [0.05, 0.1) is 23.6 Å². The minimum absolute atomic E-state index is 0.0424. The fraction of sp³-hybridized carbons (Fsp3) is 0.375. The third-order valence-electron chi connectivity index (χ3n) is 6.13. The summed E-state index contributed by atoms with van der Waals surface area (Å²) in [5.41, 5.74) is 1.58. The highest BCUT2D eigenvalue weighted by atomic mass is 19.1. The van der Waals surface area contributed by atoms with Crippen LogP contribution in [0.4, 0.5) is 4.39 Å². The number of aromatic nitrogens is 2. The van der Waals surface area contributed by atoms with Crippen LogP contribution in [0.3, 0.4) is 0 Å². The van der Waals surface area contributed by atoms with Crippen molar-refractivity contribution in [3.05, 3.63) is 69.5 Å². The van der Waals surface area contributed by atoms with Gasteiger partial charge in [0, 0.05) is 24.1 Å². The van der Waals surface area contributed by atoms with Crippen molar-refractivity contribution in [1.29, 1.82) is 0 Å². The van der Waals surface area contributed by atoms with Gasteiger partial charge in [-0.2, -0.15) is 0 Å². The number of carbonyl (C=O) groups excluding carboxylic acids is 1. The zero-order valence-corrected chi connectivity index (χ0v) is 17.2. The number of nitrogens with zero attached hydrogens (tertiary/aromatic N) is 2. The van der Waals surface area contributed by atoms with Crippen molar-refractivity contribution < 1.29 is 13.9 Å². The number of halogens is 1. The summed E-state index contributed by atoms with van der Waals surface area (Å²) in [6, 6.07) is 9.06. The van der Waals surface area contributed by atoms with Crippen molar-refractivity contribution in [3.63, 3.8) is 0 Å². The zero-order chi connectivity index (χ0) is 21.4. The van der Waals surface area contributed by atoms with Gasteiger partial charge in [-0.1, -0.05) is 6.42 Å². The number of aryl methyl sites for hydroxylation is 1. The second kappa shape index (κ2) is 8.13. The molecule has 0 bridgehead atoms. The Morgan fingerprint density at radius 2 is 2.03 bits per heavy atom. The molecule has 0 saturated heterocycles. The lowest BCUT2D eigenvalue weighted by Gasteiger charge is -2.19. The molecule has 2 aliphatic rings. The van der Waals surface area contributed by atoms with Crippen molar-refractivity contribution >= 4 is 16.8 Å². The summed E-state index contributed by atoms with van der Waals surface area (Å²) < 4.78 is 21.3. The second-order valence-electron chi connectivity index (χ2n) is 8.23. The molecule has 1 unspecified atom stereocenters. The Hall–Kier alpha value is -3.22. The fourth-order valence-corrected chi connectivity index (χ4v) is 4.50. The number of rotatable bonds is 2.